The number of anilines is 1. The summed E-state index contributed by atoms with van der Waals surface area (Å²) in [5.74, 6) is 0. The lowest BCUT2D eigenvalue weighted by atomic mass is 10.1. The number of hydrogen-bond donors (Lipinski definition) is 1. The quantitative estimate of drug-likeness (QED) is 0.352. The molecule has 1 radical (unpaired) electrons. The van der Waals surface area contributed by atoms with Gasteiger partial charge < -0.3 is 10.2 Å². The van der Waals surface area contributed by atoms with Crippen LogP contribution in [0.2, 0.25) is 0 Å². The summed E-state index contributed by atoms with van der Waals surface area (Å²) in [4.78, 5) is 11.7. The highest BCUT2D eigenvalue weighted by atomic mass is 16.4. The summed E-state index contributed by atoms with van der Waals surface area (Å²) in [5.41, 5.74) is 6.29. The van der Waals surface area contributed by atoms with E-state index in [-0.39, 0.29) is 5.63 Å². The van der Waals surface area contributed by atoms with Crippen molar-refractivity contribution in [1.29, 1.82) is 0 Å². The van der Waals surface area contributed by atoms with Gasteiger partial charge in [-0.15, -0.1) is 0 Å². The van der Waals surface area contributed by atoms with Crippen LogP contribution in [0.15, 0.2) is 45.6 Å². The van der Waals surface area contributed by atoms with Crippen LogP contribution in [0.5, 0.6) is 0 Å². The van der Waals surface area contributed by atoms with E-state index in [0.29, 0.717) is 16.7 Å². The highest BCUT2D eigenvalue weighted by Gasteiger charge is 2.06. The van der Waals surface area contributed by atoms with Crippen LogP contribution >= 0.6 is 0 Å². The third kappa shape index (κ3) is 1.18. The first-order valence-electron chi connectivity index (χ1n) is 4.88. The van der Waals surface area contributed by atoms with Crippen molar-refractivity contribution in [3.8, 4) is 0 Å². The second-order valence-electron chi connectivity index (χ2n) is 3.61. The molecule has 0 saturated carbocycles. The van der Waals surface area contributed by atoms with Crippen molar-refractivity contribution in [2.45, 2.75) is 0 Å². The Morgan fingerprint density at radius 3 is 2.75 bits per heavy atom. The maximum Gasteiger partial charge on any atom is 0.344 e. The Hall–Kier alpha value is -2.29. The minimum absolute atomic E-state index is 0.345. The average Bonchev–Trinajstić information content (AvgIpc) is 2.29. The van der Waals surface area contributed by atoms with E-state index in [1.54, 1.807) is 18.2 Å². The predicted octanol–water partition coefficient (Wildman–Crippen LogP) is 2.33. The maximum atomic E-state index is 11.7. The van der Waals surface area contributed by atoms with Gasteiger partial charge in [0.05, 0.1) is 5.39 Å². The van der Waals surface area contributed by atoms with E-state index in [0.717, 1.165) is 10.8 Å². The molecule has 0 spiro atoms. The van der Waals surface area contributed by atoms with Gasteiger partial charge in [0.2, 0.25) is 0 Å². The van der Waals surface area contributed by atoms with E-state index in [9.17, 15) is 4.79 Å². The van der Waals surface area contributed by atoms with Crippen LogP contribution in [0.4, 0.5) is 5.69 Å². The number of benzene rings is 2. The summed E-state index contributed by atoms with van der Waals surface area (Å²) in [6.45, 7) is 0. The van der Waals surface area contributed by atoms with E-state index in [1.807, 2.05) is 18.2 Å². The Labute approximate surface area is 91.1 Å². The SMILES string of the molecule is Nc1c[c]c2c(c1)oc(=O)c1ccccc12. The predicted molar refractivity (Wildman–Crippen MR) is 63.2 cm³/mol. The molecular formula is C13H8NO2. The smallest absolute Gasteiger partial charge is 0.344 e. The second-order valence-corrected chi connectivity index (χ2v) is 3.61. The fraction of sp³-hybridized carbons (Fsp3) is 0. The monoisotopic (exact) mass is 210 g/mol. The molecule has 0 amide bonds. The molecular weight excluding hydrogens is 202 g/mol. The molecule has 0 atom stereocenters. The zero-order valence-corrected chi connectivity index (χ0v) is 8.36. The highest BCUT2D eigenvalue weighted by molar-refractivity contribution is 6.04. The molecule has 3 heteroatoms. The number of rotatable bonds is 0. The normalized spacial score (nSPS) is 11.0. The van der Waals surface area contributed by atoms with Crippen LogP contribution in [-0.2, 0) is 0 Å². The Kier molecular flexibility index (Phi) is 1.74. The summed E-state index contributed by atoms with van der Waals surface area (Å²) < 4.78 is 5.19. The van der Waals surface area contributed by atoms with E-state index in [1.165, 1.54) is 0 Å². The number of hydrogen-bond acceptors (Lipinski definition) is 3. The molecule has 0 aliphatic carbocycles. The summed E-state index contributed by atoms with van der Waals surface area (Å²) in [6.07, 6.45) is 0. The van der Waals surface area contributed by atoms with Gasteiger partial charge in [0, 0.05) is 22.5 Å². The van der Waals surface area contributed by atoms with Crippen molar-refractivity contribution in [3.05, 3.63) is 52.9 Å². The molecule has 77 valence electrons. The summed E-state index contributed by atoms with van der Waals surface area (Å²) in [6, 6.07) is 13.7. The lowest BCUT2D eigenvalue weighted by Gasteiger charge is -2.01. The van der Waals surface area contributed by atoms with Crippen LogP contribution in [-0.4, -0.2) is 0 Å². The van der Waals surface area contributed by atoms with Crippen LogP contribution in [0, 0.1) is 6.07 Å². The Bertz CT molecular complexity index is 744. The minimum Gasteiger partial charge on any atom is -0.422 e. The zero-order valence-electron chi connectivity index (χ0n) is 8.36. The van der Waals surface area contributed by atoms with E-state index in [2.05, 4.69) is 6.07 Å². The van der Waals surface area contributed by atoms with Crippen LogP contribution in [0.1, 0.15) is 0 Å². The van der Waals surface area contributed by atoms with Gasteiger partial charge in [-0.2, -0.15) is 0 Å². The van der Waals surface area contributed by atoms with Gasteiger partial charge in [-0.05, 0) is 18.2 Å². The number of nitrogen functional groups attached to an aromatic ring is 1. The van der Waals surface area contributed by atoms with Crippen molar-refractivity contribution in [3.63, 3.8) is 0 Å². The molecule has 1 aromatic heterocycles. The lowest BCUT2D eigenvalue weighted by molar-refractivity contribution is 0.570. The molecule has 1 heterocycles. The molecule has 2 aromatic carbocycles. The topological polar surface area (TPSA) is 56.2 Å². The first-order chi connectivity index (χ1) is 7.75. The van der Waals surface area contributed by atoms with E-state index in [4.69, 9.17) is 10.2 Å². The molecule has 0 aliphatic rings. The third-order valence-corrected chi connectivity index (χ3v) is 2.55. The largest absolute Gasteiger partial charge is 0.422 e. The standard InChI is InChI=1S/C13H8NO2/c14-8-5-6-10-9-3-1-2-4-11(9)13(15)16-12(10)7-8/h1-5,7H,14H2. The van der Waals surface area contributed by atoms with Crippen molar-refractivity contribution < 1.29 is 4.42 Å². The molecule has 0 aliphatic heterocycles. The van der Waals surface area contributed by atoms with Crippen molar-refractivity contribution in [2.24, 2.45) is 0 Å². The number of fused-ring (bicyclic) bond motifs is 3. The fourth-order valence-electron chi connectivity index (χ4n) is 1.82. The van der Waals surface area contributed by atoms with Gasteiger partial charge in [0.1, 0.15) is 5.58 Å². The zero-order chi connectivity index (χ0) is 11.1. The average molecular weight is 210 g/mol. The van der Waals surface area contributed by atoms with E-state index >= 15 is 0 Å². The highest BCUT2D eigenvalue weighted by Crippen LogP contribution is 2.23. The summed E-state index contributed by atoms with van der Waals surface area (Å²) in [5, 5.41) is 2.19. The lowest BCUT2D eigenvalue weighted by Crippen LogP contribution is -1.99. The molecule has 3 rings (SSSR count). The maximum absolute atomic E-state index is 11.7. The van der Waals surface area contributed by atoms with Crippen LogP contribution < -0.4 is 11.4 Å². The molecule has 3 aromatic rings. The molecule has 16 heavy (non-hydrogen) atoms. The van der Waals surface area contributed by atoms with Crippen LogP contribution in [0.3, 0.4) is 0 Å². The summed E-state index contributed by atoms with van der Waals surface area (Å²) in [7, 11) is 0. The van der Waals surface area contributed by atoms with Crippen molar-refractivity contribution >= 4 is 27.4 Å². The molecule has 3 nitrogen and oxygen atoms in total. The van der Waals surface area contributed by atoms with Crippen molar-refractivity contribution in [2.75, 3.05) is 5.73 Å². The molecule has 0 fully saturated rings. The van der Waals surface area contributed by atoms with Gasteiger partial charge in [-0.1, -0.05) is 18.2 Å². The Morgan fingerprint density at radius 2 is 1.94 bits per heavy atom. The second kappa shape index (κ2) is 3.10. The molecule has 2 N–H and O–H groups in total. The van der Waals surface area contributed by atoms with Gasteiger partial charge in [-0.25, -0.2) is 4.79 Å². The van der Waals surface area contributed by atoms with Gasteiger partial charge in [0.25, 0.3) is 0 Å². The van der Waals surface area contributed by atoms with Gasteiger partial charge in [-0.3, -0.25) is 0 Å². The molecule has 0 bridgehead atoms. The third-order valence-electron chi connectivity index (χ3n) is 2.55. The summed E-state index contributed by atoms with van der Waals surface area (Å²) >= 11 is 0. The number of nitrogens with two attached hydrogens (primary N) is 1. The first kappa shape index (κ1) is 8.97. The molecule has 0 unspecified atom stereocenters. The Morgan fingerprint density at radius 1 is 1.19 bits per heavy atom. The van der Waals surface area contributed by atoms with E-state index < -0.39 is 0 Å². The minimum atomic E-state index is -0.345. The van der Waals surface area contributed by atoms with Gasteiger partial charge >= 0.3 is 5.63 Å². The van der Waals surface area contributed by atoms with Crippen molar-refractivity contribution in [1.82, 2.24) is 0 Å². The molecule has 0 saturated heterocycles. The first-order valence-corrected chi connectivity index (χ1v) is 4.88. The Balaban J connectivity index is 2.64. The van der Waals surface area contributed by atoms with Gasteiger partial charge in [0.15, 0.2) is 0 Å². The van der Waals surface area contributed by atoms with Crippen LogP contribution in [0.25, 0.3) is 21.7 Å². The fourth-order valence-corrected chi connectivity index (χ4v) is 1.82.